The Balaban J connectivity index is 2.28. The molecule has 19 heavy (non-hydrogen) atoms. The number of nitrogens with one attached hydrogen (secondary N) is 1. The molecule has 0 aliphatic carbocycles. The molecule has 2 aromatic carbocycles. The number of carbonyl (C=O) groups excluding carboxylic acids is 1. The van der Waals surface area contributed by atoms with Crippen molar-refractivity contribution >= 4 is 28.9 Å². The third kappa shape index (κ3) is 3.26. The molecule has 4 heteroatoms. The van der Waals surface area contributed by atoms with E-state index in [2.05, 4.69) is 5.32 Å². The van der Waals surface area contributed by atoms with Crippen LogP contribution in [-0.2, 0) is 0 Å². The monoisotopic (exact) mass is 274 g/mol. The lowest BCUT2D eigenvalue weighted by atomic mass is 10.1. The van der Waals surface area contributed by atoms with Crippen molar-refractivity contribution in [3.63, 3.8) is 0 Å². The van der Waals surface area contributed by atoms with E-state index in [1.807, 2.05) is 32.0 Å². The highest BCUT2D eigenvalue weighted by molar-refractivity contribution is 6.34. The molecule has 0 heterocycles. The number of hydrogen-bond donors (Lipinski definition) is 2. The van der Waals surface area contributed by atoms with Gasteiger partial charge in [-0.05, 0) is 55.3 Å². The Bertz CT molecular complexity index is 618. The third-order valence-corrected chi connectivity index (χ3v) is 3.06. The second-order valence-electron chi connectivity index (χ2n) is 4.57. The van der Waals surface area contributed by atoms with Crippen LogP contribution in [0.25, 0.3) is 0 Å². The fourth-order valence-corrected chi connectivity index (χ4v) is 2.04. The number of anilines is 2. The van der Waals surface area contributed by atoms with Crippen LogP contribution in [0.15, 0.2) is 36.4 Å². The summed E-state index contributed by atoms with van der Waals surface area (Å²) in [6, 6.07) is 10.7. The van der Waals surface area contributed by atoms with Gasteiger partial charge in [-0.1, -0.05) is 17.7 Å². The van der Waals surface area contributed by atoms with Gasteiger partial charge in [-0.2, -0.15) is 0 Å². The van der Waals surface area contributed by atoms with Gasteiger partial charge in [-0.25, -0.2) is 0 Å². The van der Waals surface area contributed by atoms with Crippen LogP contribution in [0.1, 0.15) is 21.5 Å². The first-order valence-electron chi connectivity index (χ1n) is 5.90. The Labute approximate surface area is 117 Å². The van der Waals surface area contributed by atoms with E-state index in [1.165, 1.54) is 0 Å². The van der Waals surface area contributed by atoms with E-state index in [1.54, 1.807) is 18.2 Å². The minimum atomic E-state index is -0.220. The van der Waals surface area contributed by atoms with Gasteiger partial charge in [-0.3, -0.25) is 4.79 Å². The predicted molar refractivity (Wildman–Crippen MR) is 79.7 cm³/mol. The molecule has 98 valence electrons. The molecule has 0 aromatic heterocycles. The fraction of sp³-hybridized carbons (Fsp3) is 0.133. The molecule has 0 radical (unpaired) electrons. The molecule has 0 saturated heterocycles. The summed E-state index contributed by atoms with van der Waals surface area (Å²) in [6.45, 7) is 3.84. The lowest BCUT2D eigenvalue weighted by Crippen LogP contribution is -2.13. The molecule has 0 unspecified atom stereocenters. The molecule has 0 aliphatic heterocycles. The highest BCUT2D eigenvalue weighted by Gasteiger charge is 2.09. The maximum Gasteiger partial charge on any atom is 0.255 e. The summed E-state index contributed by atoms with van der Waals surface area (Å²) in [4.78, 5) is 12.2. The Morgan fingerprint density at radius 2 is 1.84 bits per heavy atom. The molecule has 0 aliphatic rings. The number of hydrogen-bond acceptors (Lipinski definition) is 2. The zero-order valence-electron chi connectivity index (χ0n) is 10.8. The second-order valence-corrected chi connectivity index (χ2v) is 4.98. The van der Waals surface area contributed by atoms with Crippen molar-refractivity contribution in [3.05, 3.63) is 58.1 Å². The Morgan fingerprint density at radius 3 is 2.53 bits per heavy atom. The molecule has 3 nitrogen and oxygen atoms in total. The van der Waals surface area contributed by atoms with Crippen molar-refractivity contribution in [1.82, 2.24) is 0 Å². The largest absolute Gasteiger partial charge is 0.399 e. The van der Waals surface area contributed by atoms with Crippen LogP contribution in [-0.4, -0.2) is 5.91 Å². The number of rotatable bonds is 2. The highest BCUT2D eigenvalue weighted by Crippen LogP contribution is 2.23. The first kappa shape index (κ1) is 13.4. The number of carbonyl (C=O) groups is 1. The number of halogens is 1. The standard InChI is InChI=1S/C15H15ClN2O/c1-9-3-4-13(16)14(7-9)18-15(19)11-5-10(2)6-12(17)8-11/h3-8H,17H2,1-2H3,(H,18,19). The van der Waals surface area contributed by atoms with Crippen LogP contribution < -0.4 is 11.1 Å². The lowest BCUT2D eigenvalue weighted by molar-refractivity contribution is 0.102. The van der Waals surface area contributed by atoms with Crippen LogP contribution in [0.4, 0.5) is 11.4 Å². The van der Waals surface area contributed by atoms with Crippen LogP contribution in [0.5, 0.6) is 0 Å². The Morgan fingerprint density at radius 1 is 1.11 bits per heavy atom. The van der Waals surface area contributed by atoms with Crippen LogP contribution >= 0.6 is 11.6 Å². The van der Waals surface area contributed by atoms with Gasteiger partial charge in [0.15, 0.2) is 0 Å². The van der Waals surface area contributed by atoms with Gasteiger partial charge in [0.25, 0.3) is 5.91 Å². The minimum absolute atomic E-state index is 0.220. The highest BCUT2D eigenvalue weighted by atomic mass is 35.5. The quantitative estimate of drug-likeness (QED) is 0.819. The number of nitrogen functional groups attached to an aromatic ring is 1. The molecule has 0 bridgehead atoms. The SMILES string of the molecule is Cc1cc(N)cc(C(=O)Nc2cc(C)ccc2Cl)c1. The smallest absolute Gasteiger partial charge is 0.255 e. The first-order chi connectivity index (χ1) is 8.95. The van der Waals surface area contributed by atoms with Crippen molar-refractivity contribution in [2.24, 2.45) is 0 Å². The van der Waals surface area contributed by atoms with Gasteiger partial charge in [0.1, 0.15) is 0 Å². The topological polar surface area (TPSA) is 55.1 Å². The summed E-state index contributed by atoms with van der Waals surface area (Å²) in [7, 11) is 0. The summed E-state index contributed by atoms with van der Waals surface area (Å²) < 4.78 is 0. The molecule has 0 spiro atoms. The summed E-state index contributed by atoms with van der Waals surface area (Å²) >= 11 is 6.05. The zero-order chi connectivity index (χ0) is 14.0. The predicted octanol–water partition coefficient (Wildman–Crippen LogP) is 3.79. The molecule has 0 fully saturated rings. The average Bonchev–Trinajstić information content (AvgIpc) is 2.32. The Hall–Kier alpha value is -2.00. The van der Waals surface area contributed by atoms with E-state index in [4.69, 9.17) is 17.3 Å². The lowest BCUT2D eigenvalue weighted by Gasteiger charge is -2.09. The van der Waals surface area contributed by atoms with Gasteiger partial charge in [-0.15, -0.1) is 0 Å². The first-order valence-corrected chi connectivity index (χ1v) is 6.28. The molecule has 0 saturated carbocycles. The molecule has 1 amide bonds. The van der Waals surface area contributed by atoms with Gasteiger partial charge in [0.2, 0.25) is 0 Å². The summed E-state index contributed by atoms with van der Waals surface area (Å²) in [6.07, 6.45) is 0. The van der Waals surface area contributed by atoms with Crippen LogP contribution in [0, 0.1) is 13.8 Å². The molecule has 3 N–H and O–H groups in total. The Kier molecular flexibility index (Phi) is 3.76. The van der Waals surface area contributed by atoms with E-state index >= 15 is 0 Å². The fourth-order valence-electron chi connectivity index (χ4n) is 1.87. The minimum Gasteiger partial charge on any atom is -0.399 e. The van der Waals surface area contributed by atoms with E-state index in [0.29, 0.717) is 22.0 Å². The molecule has 2 rings (SSSR count). The number of benzene rings is 2. The summed E-state index contributed by atoms with van der Waals surface area (Å²) in [5.74, 6) is -0.220. The van der Waals surface area contributed by atoms with E-state index < -0.39 is 0 Å². The van der Waals surface area contributed by atoms with Crippen LogP contribution in [0.3, 0.4) is 0 Å². The molecular weight excluding hydrogens is 260 g/mol. The molecular formula is C15H15ClN2O. The number of amides is 1. The third-order valence-electron chi connectivity index (χ3n) is 2.73. The van der Waals surface area contributed by atoms with Crippen molar-refractivity contribution in [2.45, 2.75) is 13.8 Å². The second kappa shape index (κ2) is 5.33. The van der Waals surface area contributed by atoms with Gasteiger partial charge in [0, 0.05) is 11.3 Å². The van der Waals surface area contributed by atoms with Crippen molar-refractivity contribution in [2.75, 3.05) is 11.1 Å². The zero-order valence-corrected chi connectivity index (χ0v) is 11.6. The average molecular weight is 275 g/mol. The normalized spacial score (nSPS) is 10.3. The molecule has 0 atom stereocenters. The summed E-state index contributed by atoms with van der Waals surface area (Å²) in [5, 5.41) is 3.31. The van der Waals surface area contributed by atoms with E-state index in [0.717, 1.165) is 11.1 Å². The summed E-state index contributed by atoms with van der Waals surface area (Å²) in [5.41, 5.74) is 9.41. The van der Waals surface area contributed by atoms with Crippen molar-refractivity contribution in [3.8, 4) is 0 Å². The van der Waals surface area contributed by atoms with E-state index in [-0.39, 0.29) is 5.91 Å². The van der Waals surface area contributed by atoms with Crippen molar-refractivity contribution < 1.29 is 4.79 Å². The molecule has 2 aromatic rings. The number of nitrogens with two attached hydrogens (primary N) is 1. The van der Waals surface area contributed by atoms with Gasteiger partial charge in [0.05, 0.1) is 10.7 Å². The van der Waals surface area contributed by atoms with Crippen molar-refractivity contribution in [1.29, 1.82) is 0 Å². The maximum atomic E-state index is 12.2. The number of aryl methyl sites for hydroxylation is 2. The van der Waals surface area contributed by atoms with E-state index in [9.17, 15) is 4.79 Å². The van der Waals surface area contributed by atoms with Gasteiger partial charge < -0.3 is 11.1 Å². The van der Waals surface area contributed by atoms with Gasteiger partial charge >= 0.3 is 0 Å². The maximum absolute atomic E-state index is 12.2. The van der Waals surface area contributed by atoms with Crippen LogP contribution in [0.2, 0.25) is 5.02 Å².